The van der Waals surface area contributed by atoms with Gasteiger partial charge in [-0.2, -0.15) is 0 Å². The molecule has 23 heavy (non-hydrogen) atoms. The number of aliphatic hydroxyl groups excluding tert-OH is 1. The van der Waals surface area contributed by atoms with Crippen LogP contribution in [0.1, 0.15) is 24.3 Å². The third-order valence-corrected chi connectivity index (χ3v) is 5.10. The Morgan fingerprint density at radius 2 is 1.78 bits per heavy atom. The van der Waals surface area contributed by atoms with Gasteiger partial charge in [-0.15, -0.1) is 0 Å². The van der Waals surface area contributed by atoms with Crippen molar-refractivity contribution in [2.45, 2.75) is 23.7 Å². The van der Waals surface area contributed by atoms with Crippen molar-refractivity contribution in [2.24, 2.45) is 0 Å². The number of nitrogens with one attached hydrogen (secondary N) is 1. The van der Waals surface area contributed by atoms with Crippen LogP contribution >= 0.6 is 0 Å². The van der Waals surface area contributed by atoms with Gasteiger partial charge >= 0.3 is 0 Å². The first-order valence-corrected chi connectivity index (χ1v) is 8.92. The van der Waals surface area contributed by atoms with E-state index in [1.165, 1.54) is 18.2 Å². The van der Waals surface area contributed by atoms with Crippen LogP contribution in [0.25, 0.3) is 0 Å². The Morgan fingerprint density at radius 3 is 2.43 bits per heavy atom. The molecule has 0 amide bonds. The molecule has 0 fully saturated rings. The Hall–Kier alpha value is -1.76. The fourth-order valence-electron chi connectivity index (χ4n) is 2.44. The van der Waals surface area contributed by atoms with Crippen molar-refractivity contribution >= 4 is 10.0 Å². The van der Waals surface area contributed by atoms with Crippen LogP contribution in [-0.4, -0.2) is 26.7 Å². The van der Waals surface area contributed by atoms with Crippen molar-refractivity contribution in [1.29, 1.82) is 0 Å². The molecule has 0 aromatic heterocycles. The minimum absolute atomic E-state index is 0.0379. The van der Waals surface area contributed by atoms with Gasteiger partial charge in [0.1, 0.15) is 5.82 Å². The topological polar surface area (TPSA) is 66.4 Å². The molecule has 6 heteroatoms. The van der Waals surface area contributed by atoms with Crippen molar-refractivity contribution in [3.63, 3.8) is 0 Å². The average Bonchev–Trinajstić information content (AvgIpc) is 2.55. The Bertz CT molecular complexity index is 720. The van der Waals surface area contributed by atoms with Gasteiger partial charge in [0.25, 0.3) is 0 Å². The van der Waals surface area contributed by atoms with Gasteiger partial charge < -0.3 is 5.11 Å². The van der Waals surface area contributed by atoms with Gasteiger partial charge in [0.05, 0.1) is 4.90 Å². The molecule has 0 radical (unpaired) electrons. The molecule has 2 aromatic rings. The van der Waals surface area contributed by atoms with E-state index in [0.29, 0.717) is 12.8 Å². The maximum absolute atomic E-state index is 13.1. The summed E-state index contributed by atoms with van der Waals surface area (Å²) >= 11 is 0. The molecule has 1 atom stereocenters. The summed E-state index contributed by atoms with van der Waals surface area (Å²) in [5, 5.41) is 9.19. The van der Waals surface area contributed by atoms with Crippen LogP contribution in [-0.2, 0) is 10.0 Å². The van der Waals surface area contributed by atoms with E-state index in [9.17, 15) is 17.9 Å². The van der Waals surface area contributed by atoms with Crippen LogP contribution in [0.15, 0.2) is 59.5 Å². The zero-order valence-corrected chi connectivity index (χ0v) is 13.5. The Balaban J connectivity index is 1.99. The second-order valence-electron chi connectivity index (χ2n) is 5.26. The zero-order valence-electron chi connectivity index (χ0n) is 12.7. The molecule has 2 rings (SSSR count). The second kappa shape index (κ2) is 8.19. The molecule has 0 aliphatic carbocycles. The summed E-state index contributed by atoms with van der Waals surface area (Å²) in [6.45, 7) is 0.259. The number of halogens is 1. The third-order valence-electron chi connectivity index (χ3n) is 3.64. The molecule has 2 N–H and O–H groups in total. The van der Waals surface area contributed by atoms with Gasteiger partial charge in [0.15, 0.2) is 0 Å². The van der Waals surface area contributed by atoms with E-state index in [1.807, 2.05) is 30.3 Å². The number of benzene rings is 2. The molecular formula is C17H20FNO3S. The summed E-state index contributed by atoms with van der Waals surface area (Å²) in [5.41, 5.74) is 1.06. The predicted octanol–water partition coefficient (Wildman–Crippen LogP) is 2.66. The van der Waals surface area contributed by atoms with E-state index >= 15 is 0 Å². The van der Waals surface area contributed by atoms with Crippen molar-refractivity contribution in [2.75, 3.05) is 13.2 Å². The average molecular weight is 337 g/mol. The lowest BCUT2D eigenvalue weighted by molar-refractivity contribution is 0.273. The highest BCUT2D eigenvalue weighted by Gasteiger charge is 2.16. The van der Waals surface area contributed by atoms with E-state index in [4.69, 9.17) is 0 Å². The van der Waals surface area contributed by atoms with Crippen LogP contribution in [0.5, 0.6) is 0 Å². The number of rotatable bonds is 8. The Morgan fingerprint density at radius 1 is 1.04 bits per heavy atom. The Kier molecular flexibility index (Phi) is 6.27. The van der Waals surface area contributed by atoms with Crippen molar-refractivity contribution < 1.29 is 17.9 Å². The number of hydrogen-bond donors (Lipinski definition) is 2. The molecule has 0 bridgehead atoms. The number of sulfonamides is 1. The molecule has 0 heterocycles. The molecule has 0 aliphatic rings. The van der Waals surface area contributed by atoms with Crippen LogP contribution in [0.2, 0.25) is 0 Å². The fourth-order valence-corrected chi connectivity index (χ4v) is 3.52. The summed E-state index contributed by atoms with van der Waals surface area (Å²) in [4.78, 5) is -0.0871. The van der Waals surface area contributed by atoms with Crippen LogP contribution in [0.3, 0.4) is 0 Å². The summed E-state index contributed by atoms with van der Waals surface area (Å²) in [6, 6.07) is 14.6. The summed E-state index contributed by atoms with van der Waals surface area (Å²) in [6.07, 6.45) is 1.12. The molecule has 0 saturated carbocycles. The zero-order chi connectivity index (χ0) is 16.7. The maximum Gasteiger partial charge on any atom is 0.240 e. The molecule has 124 valence electrons. The van der Waals surface area contributed by atoms with E-state index in [2.05, 4.69) is 4.72 Å². The molecule has 4 nitrogen and oxygen atoms in total. The highest BCUT2D eigenvalue weighted by Crippen LogP contribution is 2.22. The van der Waals surface area contributed by atoms with Gasteiger partial charge in [-0.25, -0.2) is 17.5 Å². The van der Waals surface area contributed by atoms with Gasteiger partial charge in [0, 0.05) is 13.2 Å². The van der Waals surface area contributed by atoms with Gasteiger partial charge in [0.2, 0.25) is 10.0 Å². The quantitative estimate of drug-likeness (QED) is 0.778. The molecule has 1 unspecified atom stereocenters. The lowest BCUT2D eigenvalue weighted by Gasteiger charge is -2.16. The maximum atomic E-state index is 13.1. The van der Waals surface area contributed by atoms with E-state index in [0.717, 1.165) is 11.6 Å². The third kappa shape index (κ3) is 5.13. The monoisotopic (exact) mass is 337 g/mol. The lowest BCUT2D eigenvalue weighted by Crippen LogP contribution is -2.26. The van der Waals surface area contributed by atoms with Crippen molar-refractivity contribution in [3.8, 4) is 0 Å². The smallest absolute Gasteiger partial charge is 0.240 e. The highest BCUT2D eigenvalue weighted by molar-refractivity contribution is 7.89. The standard InChI is InChI=1S/C17H20FNO3S/c18-16-7-4-8-17(13-16)23(21,22)19-11-9-15(10-12-20)14-5-2-1-3-6-14/h1-8,13,15,19-20H,9-12H2. The fraction of sp³-hybridized carbons (Fsp3) is 0.294. The first kappa shape index (κ1) is 17.6. The van der Waals surface area contributed by atoms with Gasteiger partial charge in [-0.1, -0.05) is 36.4 Å². The first-order chi connectivity index (χ1) is 11.0. The number of aliphatic hydroxyl groups is 1. The molecule has 0 aliphatic heterocycles. The molecule has 2 aromatic carbocycles. The van der Waals surface area contributed by atoms with Crippen LogP contribution < -0.4 is 4.72 Å². The normalized spacial score (nSPS) is 13.0. The van der Waals surface area contributed by atoms with E-state index in [1.54, 1.807) is 0 Å². The largest absolute Gasteiger partial charge is 0.396 e. The summed E-state index contributed by atoms with van der Waals surface area (Å²) < 4.78 is 39.9. The van der Waals surface area contributed by atoms with Crippen molar-refractivity contribution in [1.82, 2.24) is 4.72 Å². The van der Waals surface area contributed by atoms with Gasteiger partial charge in [-0.3, -0.25) is 0 Å². The minimum Gasteiger partial charge on any atom is -0.396 e. The SMILES string of the molecule is O=S(=O)(NCCC(CCO)c1ccccc1)c1cccc(F)c1. The Labute approximate surface area is 136 Å². The summed E-state index contributed by atoms with van der Waals surface area (Å²) in [7, 11) is -3.73. The minimum atomic E-state index is -3.73. The first-order valence-electron chi connectivity index (χ1n) is 7.44. The highest BCUT2D eigenvalue weighted by atomic mass is 32.2. The second-order valence-corrected chi connectivity index (χ2v) is 7.03. The van der Waals surface area contributed by atoms with E-state index in [-0.39, 0.29) is 24.0 Å². The molecular weight excluding hydrogens is 317 g/mol. The molecule has 0 spiro atoms. The van der Waals surface area contributed by atoms with E-state index < -0.39 is 15.8 Å². The van der Waals surface area contributed by atoms with Crippen LogP contribution in [0, 0.1) is 5.82 Å². The van der Waals surface area contributed by atoms with Crippen molar-refractivity contribution in [3.05, 3.63) is 66.0 Å². The predicted molar refractivity (Wildman–Crippen MR) is 87.1 cm³/mol. The van der Waals surface area contributed by atoms with Crippen LogP contribution in [0.4, 0.5) is 4.39 Å². The summed E-state index contributed by atoms with van der Waals surface area (Å²) in [5.74, 6) is -0.522. The number of hydrogen-bond acceptors (Lipinski definition) is 3. The van der Waals surface area contributed by atoms with Gasteiger partial charge in [-0.05, 0) is 42.5 Å². The molecule has 0 saturated heterocycles. The lowest BCUT2D eigenvalue weighted by atomic mass is 9.93.